The number of furan rings is 1. The standard InChI is InChI=1S/C60H40N2OSi/c1-4-20-41(21-5-1)42-22-18-28-46(38-42)64(44-24-6-2-7-25-44,45-26-8-3-9-27-45)47-29-19-23-43(39-47)61-53-34-14-12-32-50(53)52-40-56(60-58(59(52)61)51-33-13-17-37-57(51)63-60)62-54-35-15-10-30-48(54)49-31-11-16-36-55(49)62/h1-40H. The maximum atomic E-state index is 7.07. The lowest BCUT2D eigenvalue weighted by molar-refractivity contribution is 0.666. The second kappa shape index (κ2) is 14.5. The van der Waals surface area contributed by atoms with Gasteiger partial charge < -0.3 is 13.6 Å². The molecule has 0 saturated heterocycles. The van der Waals surface area contributed by atoms with Gasteiger partial charge in [-0.2, -0.15) is 0 Å². The summed E-state index contributed by atoms with van der Waals surface area (Å²) in [5, 5.41) is 12.4. The molecule has 13 rings (SSSR count). The molecule has 0 unspecified atom stereocenters. The van der Waals surface area contributed by atoms with Gasteiger partial charge in [0.15, 0.2) is 13.7 Å². The fourth-order valence-corrected chi connectivity index (χ4v) is 15.6. The van der Waals surface area contributed by atoms with E-state index in [1.54, 1.807) is 0 Å². The van der Waals surface area contributed by atoms with Crippen LogP contribution < -0.4 is 20.7 Å². The van der Waals surface area contributed by atoms with Crippen LogP contribution in [0.3, 0.4) is 0 Å². The van der Waals surface area contributed by atoms with Crippen molar-refractivity contribution in [1.82, 2.24) is 9.13 Å². The van der Waals surface area contributed by atoms with E-state index in [0.29, 0.717) is 0 Å². The van der Waals surface area contributed by atoms with E-state index < -0.39 is 8.07 Å². The van der Waals surface area contributed by atoms with E-state index in [4.69, 9.17) is 4.42 Å². The molecule has 0 aliphatic rings. The van der Waals surface area contributed by atoms with Crippen molar-refractivity contribution in [3.8, 4) is 22.5 Å². The first-order valence-electron chi connectivity index (χ1n) is 22.0. The van der Waals surface area contributed by atoms with Crippen LogP contribution in [0.25, 0.3) is 88.1 Å². The largest absolute Gasteiger partial charge is 0.454 e. The highest BCUT2D eigenvalue weighted by Crippen LogP contribution is 2.45. The highest BCUT2D eigenvalue weighted by molar-refractivity contribution is 7.20. The number of nitrogens with zero attached hydrogens (tertiary/aromatic N) is 2. The molecular formula is C60H40N2OSi. The molecule has 0 bridgehead atoms. The fourth-order valence-electron chi connectivity index (χ4n) is 10.8. The fraction of sp³-hybridized carbons (Fsp3) is 0. The zero-order valence-electron chi connectivity index (χ0n) is 34.9. The van der Waals surface area contributed by atoms with E-state index in [-0.39, 0.29) is 0 Å². The Morgan fingerprint density at radius 2 is 0.797 bits per heavy atom. The molecule has 3 heterocycles. The molecule has 0 aliphatic carbocycles. The number of benzene rings is 10. The molecule has 0 atom stereocenters. The molecule has 0 fully saturated rings. The average Bonchev–Trinajstić information content (AvgIpc) is 4.03. The number of hydrogen-bond acceptors (Lipinski definition) is 1. The monoisotopic (exact) mass is 832 g/mol. The molecule has 0 saturated carbocycles. The minimum atomic E-state index is -2.96. The van der Waals surface area contributed by atoms with Gasteiger partial charge in [-0.15, -0.1) is 0 Å². The van der Waals surface area contributed by atoms with Crippen molar-refractivity contribution < 1.29 is 4.42 Å². The Hall–Kier alpha value is -8.18. The molecule has 13 aromatic rings. The van der Waals surface area contributed by atoms with Crippen LogP contribution in [0.5, 0.6) is 0 Å². The Morgan fingerprint density at radius 1 is 0.328 bits per heavy atom. The molecule has 10 aromatic carbocycles. The third-order valence-electron chi connectivity index (χ3n) is 13.4. The lowest BCUT2D eigenvalue weighted by Gasteiger charge is -2.35. The van der Waals surface area contributed by atoms with Crippen LogP contribution in [-0.4, -0.2) is 17.2 Å². The number of rotatable bonds is 7. The second-order valence-electron chi connectivity index (χ2n) is 16.8. The van der Waals surface area contributed by atoms with Crippen LogP contribution in [0.1, 0.15) is 0 Å². The van der Waals surface area contributed by atoms with Gasteiger partial charge in [-0.1, -0.05) is 200 Å². The number of hydrogen-bond donors (Lipinski definition) is 0. The Morgan fingerprint density at radius 3 is 1.44 bits per heavy atom. The van der Waals surface area contributed by atoms with Crippen LogP contribution in [0.15, 0.2) is 247 Å². The van der Waals surface area contributed by atoms with E-state index in [2.05, 4.69) is 252 Å². The summed E-state index contributed by atoms with van der Waals surface area (Å²) in [5.41, 5.74) is 10.9. The molecule has 0 spiro atoms. The lowest BCUT2D eigenvalue weighted by atomic mass is 10.1. The van der Waals surface area contributed by atoms with Gasteiger partial charge in [0, 0.05) is 32.6 Å². The summed E-state index contributed by atoms with van der Waals surface area (Å²) in [6.07, 6.45) is 0. The van der Waals surface area contributed by atoms with Gasteiger partial charge in [0.25, 0.3) is 0 Å². The van der Waals surface area contributed by atoms with Gasteiger partial charge in [0.05, 0.1) is 33.1 Å². The summed E-state index contributed by atoms with van der Waals surface area (Å²) < 4.78 is 12.0. The van der Waals surface area contributed by atoms with Crippen molar-refractivity contribution in [2.75, 3.05) is 0 Å². The zero-order chi connectivity index (χ0) is 42.2. The molecule has 64 heavy (non-hydrogen) atoms. The van der Waals surface area contributed by atoms with E-state index in [1.165, 1.54) is 53.4 Å². The summed E-state index contributed by atoms with van der Waals surface area (Å²) in [5.74, 6) is 0. The molecular weight excluding hydrogens is 793 g/mol. The summed E-state index contributed by atoms with van der Waals surface area (Å²) in [6, 6.07) is 89.2. The predicted octanol–water partition coefficient (Wildman–Crippen LogP) is 12.8. The molecule has 0 aliphatic heterocycles. The van der Waals surface area contributed by atoms with E-state index in [1.807, 2.05) is 0 Å². The van der Waals surface area contributed by atoms with Crippen molar-refractivity contribution in [3.05, 3.63) is 243 Å². The maximum Gasteiger partial charge on any atom is 0.179 e. The van der Waals surface area contributed by atoms with Crippen LogP contribution in [0, 0.1) is 0 Å². The van der Waals surface area contributed by atoms with E-state index >= 15 is 0 Å². The molecule has 0 amide bonds. The second-order valence-corrected chi connectivity index (χ2v) is 20.6. The Bertz CT molecular complexity index is 3810. The molecule has 0 N–H and O–H groups in total. The Balaban J connectivity index is 1.14. The SMILES string of the molecule is c1ccc(-c2cccc([Si](c3ccccc3)(c3ccccc3)c3cccc(-n4c5ccccc5c5cc(-n6c7ccccc7c7ccccc76)c6oc7ccccc7c6c54)c3)c2)cc1. The van der Waals surface area contributed by atoms with Crippen molar-refractivity contribution in [2.45, 2.75) is 0 Å². The van der Waals surface area contributed by atoms with E-state index in [9.17, 15) is 0 Å². The highest BCUT2D eigenvalue weighted by atomic mass is 28.3. The van der Waals surface area contributed by atoms with Crippen molar-refractivity contribution in [1.29, 1.82) is 0 Å². The smallest absolute Gasteiger partial charge is 0.179 e. The molecule has 4 heteroatoms. The van der Waals surface area contributed by atoms with Crippen LogP contribution in [-0.2, 0) is 0 Å². The summed E-state index contributed by atoms with van der Waals surface area (Å²) in [7, 11) is -2.96. The normalized spacial score (nSPS) is 12.1. The highest BCUT2D eigenvalue weighted by Gasteiger charge is 2.42. The van der Waals surface area contributed by atoms with Gasteiger partial charge >= 0.3 is 0 Å². The van der Waals surface area contributed by atoms with Gasteiger partial charge in [-0.25, -0.2) is 0 Å². The first-order valence-corrected chi connectivity index (χ1v) is 24.0. The van der Waals surface area contributed by atoms with Crippen molar-refractivity contribution >= 4 is 94.4 Å². The number of para-hydroxylation sites is 4. The van der Waals surface area contributed by atoms with Crippen LogP contribution in [0.2, 0.25) is 0 Å². The Kier molecular flexibility index (Phi) is 8.23. The molecule has 0 radical (unpaired) electrons. The topological polar surface area (TPSA) is 23.0 Å². The van der Waals surface area contributed by atoms with E-state index in [0.717, 1.165) is 55.4 Å². The Labute approximate surface area is 371 Å². The first kappa shape index (κ1) is 36.5. The lowest BCUT2D eigenvalue weighted by Crippen LogP contribution is -2.74. The molecule has 300 valence electrons. The third-order valence-corrected chi connectivity index (χ3v) is 18.2. The van der Waals surface area contributed by atoms with Crippen LogP contribution in [0.4, 0.5) is 0 Å². The molecule has 3 nitrogen and oxygen atoms in total. The zero-order valence-corrected chi connectivity index (χ0v) is 35.9. The number of fused-ring (bicyclic) bond motifs is 10. The summed E-state index contributed by atoms with van der Waals surface area (Å²) in [4.78, 5) is 0. The average molecular weight is 833 g/mol. The van der Waals surface area contributed by atoms with Gasteiger partial charge in [-0.3, -0.25) is 0 Å². The third kappa shape index (κ3) is 5.33. The summed E-state index contributed by atoms with van der Waals surface area (Å²) in [6.45, 7) is 0. The molecule has 3 aromatic heterocycles. The number of aromatic nitrogens is 2. The van der Waals surface area contributed by atoms with Gasteiger partial charge in [-0.05, 0) is 74.3 Å². The van der Waals surface area contributed by atoms with Gasteiger partial charge in [0.2, 0.25) is 0 Å². The summed E-state index contributed by atoms with van der Waals surface area (Å²) >= 11 is 0. The van der Waals surface area contributed by atoms with Crippen molar-refractivity contribution in [3.63, 3.8) is 0 Å². The van der Waals surface area contributed by atoms with Crippen LogP contribution >= 0.6 is 0 Å². The minimum Gasteiger partial charge on any atom is -0.454 e. The quantitative estimate of drug-likeness (QED) is 0.116. The maximum absolute atomic E-state index is 7.07. The van der Waals surface area contributed by atoms with Gasteiger partial charge in [0.1, 0.15) is 5.58 Å². The predicted molar refractivity (Wildman–Crippen MR) is 271 cm³/mol. The first-order chi connectivity index (χ1) is 31.8. The van der Waals surface area contributed by atoms with Crippen molar-refractivity contribution in [2.24, 2.45) is 0 Å². The minimum absolute atomic E-state index is 0.871.